The number of aryl methyl sites for hydroxylation is 2. The average molecular weight is 357 g/mol. The van der Waals surface area contributed by atoms with Crippen molar-refractivity contribution in [1.82, 2.24) is 14.3 Å². The molecule has 0 atom stereocenters. The Kier molecular flexibility index (Phi) is 4.45. The molecule has 0 aliphatic heterocycles. The summed E-state index contributed by atoms with van der Waals surface area (Å²) in [6.07, 6.45) is 9.57. The van der Waals surface area contributed by atoms with E-state index in [4.69, 9.17) is 11.4 Å². The van der Waals surface area contributed by atoms with E-state index in [1.54, 1.807) is 4.90 Å². The molecule has 1 amide bonds. The standard InChI is InChI=1S/C23H23N3O/c1-4-13-25(23(27)19-10-11-19)15-20-22(18-8-5-16(2)6-9-18)24-21-12-7-17(3)14-26(20)21/h1,5-9,12,14,19H,10-11,13,15H2,2-3H3. The van der Waals surface area contributed by atoms with Crippen LogP contribution in [-0.2, 0) is 11.3 Å². The van der Waals surface area contributed by atoms with Crippen LogP contribution in [0.5, 0.6) is 0 Å². The number of pyridine rings is 1. The Bertz CT molecular complexity index is 1040. The lowest BCUT2D eigenvalue weighted by Crippen LogP contribution is -2.32. The van der Waals surface area contributed by atoms with Crippen molar-refractivity contribution in [3.05, 3.63) is 59.4 Å². The summed E-state index contributed by atoms with van der Waals surface area (Å²) in [5.74, 6) is 2.94. The SMILES string of the molecule is C#CCN(Cc1c(-c2ccc(C)cc2)nc2ccc(C)cn12)C(=O)C1CC1. The van der Waals surface area contributed by atoms with Gasteiger partial charge in [-0.05, 0) is 38.3 Å². The Morgan fingerprint density at radius 2 is 1.89 bits per heavy atom. The van der Waals surface area contributed by atoms with Crippen LogP contribution < -0.4 is 0 Å². The van der Waals surface area contributed by atoms with Crippen LogP contribution in [0.1, 0.15) is 29.7 Å². The van der Waals surface area contributed by atoms with Crippen molar-refractivity contribution in [2.45, 2.75) is 33.2 Å². The molecule has 0 radical (unpaired) electrons. The first-order chi connectivity index (χ1) is 13.1. The van der Waals surface area contributed by atoms with E-state index in [1.165, 1.54) is 5.56 Å². The lowest BCUT2D eigenvalue weighted by atomic mass is 10.1. The van der Waals surface area contributed by atoms with Crippen LogP contribution in [0.25, 0.3) is 16.9 Å². The topological polar surface area (TPSA) is 37.6 Å². The minimum absolute atomic E-state index is 0.141. The molecule has 0 bridgehead atoms. The summed E-state index contributed by atoms with van der Waals surface area (Å²) >= 11 is 0. The van der Waals surface area contributed by atoms with Crippen LogP contribution >= 0.6 is 0 Å². The van der Waals surface area contributed by atoms with Gasteiger partial charge in [0, 0.05) is 17.7 Å². The maximum atomic E-state index is 12.7. The molecular formula is C23H23N3O. The lowest BCUT2D eigenvalue weighted by Gasteiger charge is -2.21. The Balaban J connectivity index is 1.82. The molecule has 2 heterocycles. The third-order valence-corrected chi connectivity index (χ3v) is 5.05. The number of nitrogens with zero attached hydrogens (tertiary/aromatic N) is 3. The highest BCUT2D eigenvalue weighted by molar-refractivity contribution is 5.81. The third kappa shape index (κ3) is 3.46. The molecular weight excluding hydrogens is 334 g/mol. The molecule has 3 aromatic rings. The number of carbonyl (C=O) groups is 1. The summed E-state index contributed by atoms with van der Waals surface area (Å²) in [4.78, 5) is 19.4. The number of fused-ring (bicyclic) bond motifs is 1. The quantitative estimate of drug-likeness (QED) is 0.648. The summed E-state index contributed by atoms with van der Waals surface area (Å²) in [5, 5.41) is 0. The molecule has 0 unspecified atom stereocenters. The fourth-order valence-corrected chi connectivity index (χ4v) is 3.38. The summed E-state index contributed by atoms with van der Waals surface area (Å²) in [5.41, 5.74) is 6.20. The van der Waals surface area contributed by atoms with Crippen molar-refractivity contribution in [1.29, 1.82) is 0 Å². The fourth-order valence-electron chi connectivity index (χ4n) is 3.38. The number of hydrogen-bond acceptors (Lipinski definition) is 2. The largest absolute Gasteiger partial charge is 0.325 e. The van der Waals surface area contributed by atoms with E-state index in [9.17, 15) is 4.79 Å². The van der Waals surface area contributed by atoms with Gasteiger partial charge in [0.2, 0.25) is 5.91 Å². The predicted octanol–water partition coefficient (Wildman–Crippen LogP) is 3.99. The molecule has 0 spiro atoms. The van der Waals surface area contributed by atoms with E-state index in [2.05, 4.69) is 60.7 Å². The molecule has 27 heavy (non-hydrogen) atoms. The van der Waals surface area contributed by atoms with Crippen molar-refractivity contribution in [3.8, 4) is 23.6 Å². The molecule has 2 aromatic heterocycles. The highest BCUT2D eigenvalue weighted by Gasteiger charge is 2.34. The average Bonchev–Trinajstić information content (AvgIpc) is 3.45. The highest BCUT2D eigenvalue weighted by Crippen LogP contribution is 2.32. The van der Waals surface area contributed by atoms with Crippen molar-refractivity contribution >= 4 is 11.6 Å². The second kappa shape index (κ2) is 6.92. The number of imidazole rings is 1. The van der Waals surface area contributed by atoms with Crippen LogP contribution in [0.3, 0.4) is 0 Å². The molecule has 4 heteroatoms. The zero-order valence-corrected chi connectivity index (χ0v) is 15.8. The molecule has 136 valence electrons. The molecule has 0 saturated heterocycles. The van der Waals surface area contributed by atoms with E-state index in [0.29, 0.717) is 13.1 Å². The summed E-state index contributed by atoms with van der Waals surface area (Å²) in [6.45, 7) is 4.92. The molecule has 4 rings (SSSR count). The predicted molar refractivity (Wildman–Crippen MR) is 107 cm³/mol. The second-order valence-electron chi connectivity index (χ2n) is 7.38. The number of amides is 1. The summed E-state index contributed by atoms with van der Waals surface area (Å²) in [6, 6.07) is 12.4. The van der Waals surface area contributed by atoms with Crippen LogP contribution in [0.4, 0.5) is 0 Å². The summed E-state index contributed by atoms with van der Waals surface area (Å²) < 4.78 is 2.09. The minimum Gasteiger partial charge on any atom is -0.325 e. The van der Waals surface area contributed by atoms with E-state index in [0.717, 1.165) is 41.0 Å². The van der Waals surface area contributed by atoms with Gasteiger partial charge in [-0.3, -0.25) is 4.79 Å². The zero-order chi connectivity index (χ0) is 19.0. The van der Waals surface area contributed by atoms with Gasteiger partial charge in [-0.25, -0.2) is 4.98 Å². The number of terminal acetylenes is 1. The normalized spacial score (nSPS) is 13.5. The van der Waals surface area contributed by atoms with Crippen molar-refractivity contribution < 1.29 is 4.79 Å². The monoisotopic (exact) mass is 357 g/mol. The Hall–Kier alpha value is -3.06. The fraction of sp³-hybridized carbons (Fsp3) is 0.304. The molecule has 4 nitrogen and oxygen atoms in total. The van der Waals surface area contributed by atoms with Gasteiger partial charge in [0.05, 0.1) is 24.5 Å². The second-order valence-corrected chi connectivity index (χ2v) is 7.38. The third-order valence-electron chi connectivity index (χ3n) is 5.05. The van der Waals surface area contributed by atoms with Crippen molar-refractivity contribution in [3.63, 3.8) is 0 Å². The van der Waals surface area contributed by atoms with Gasteiger partial charge in [0.1, 0.15) is 5.65 Å². The van der Waals surface area contributed by atoms with Crippen molar-refractivity contribution in [2.24, 2.45) is 5.92 Å². The van der Waals surface area contributed by atoms with Gasteiger partial charge in [0.25, 0.3) is 0 Å². The van der Waals surface area contributed by atoms with Crippen molar-refractivity contribution in [2.75, 3.05) is 6.54 Å². The first-order valence-corrected chi connectivity index (χ1v) is 9.33. The number of rotatable bonds is 5. The van der Waals surface area contributed by atoms with E-state index < -0.39 is 0 Å². The van der Waals surface area contributed by atoms with Crippen LogP contribution in [-0.4, -0.2) is 26.7 Å². The van der Waals surface area contributed by atoms with E-state index in [-0.39, 0.29) is 11.8 Å². The molecule has 1 aromatic carbocycles. The molecule has 1 fully saturated rings. The Morgan fingerprint density at radius 3 is 2.56 bits per heavy atom. The Morgan fingerprint density at radius 1 is 1.19 bits per heavy atom. The Labute approximate surface area is 159 Å². The van der Waals surface area contributed by atoms with Gasteiger partial charge in [-0.1, -0.05) is 41.8 Å². The van der Waals surface area contributed by atoms with Gasteiger partial charge in [0.15, 0.2) is 0 Å². The van der Waals surface area contributed by atoms with E-state index in [1.807, 2.05) is 6.07 Å². The van der Waals surface area contributed by atoms with Gasteiger partial charge in [-0.2, -0.15) is 0 Å². The van der Waals surface area contributed by atoms with Crippen LogP contribution in [0.2, 0.25) is 0 Å². The molecule has 1 saturated carbocycles. The first kappa shape index (κ1) is 17.4. The molecule has 0 N–H and O–H groups in total. The maximum absolute atomic E-state index is 12.7. The van der Waals surface area contributed by atoms with Gasteiger partial charge in [-0.15, -0.1) is 6.42 Å². The maximum Gasteiger partial charge on any atom is 0.226 e. The summed E-state index contributed by atoms with van der Waals surface area (Å²) in [7, 11) is 0. The number of carbonyl (C=O) groups excluding carboxylic acids is 1. The van der Waals surface area contributed by atoms with E-state index >= 15 is 0 Å². The van der Waals surface area contributed by atoms with Crippen LogP contribution in [0.15, 0.2) is 42.6 Å². The number of aromatic nitrogens is 2. The molecule has 1 aliphatic rings. The van der Waals surface area contributed by atoms with Crippen LogP contribution in [0, 0.1) is 32.1 Å². The smallest absolute Gasteiger partial charge is 0.226 e. The minimum atomic E-state index is 0.141. The zero-order valence-electron chi connectivity index (χ0n) is 15.8. The lowest BCUT2D eigenvalue weighted by molar-refractivity contribution is -0.132. The number of benzene rings is 1. The highest BCUT2D eigenvalue weighted by atomic mass is 16.2. The first-order valence-electron chi connectivity index (χ1n) is 9.33. The van der Waals surface area contributed by atoms with Gasteiger partial charge < -0.3 is 9.30 Å². The molecule has 1 aliphatic carbocycles. The van der Waals surface area contributed by atoms with Gasteiger partial charge >= 0.3 is 0 Å². The number of hydrogen-bond donors (Lipinski definition) is 0.